The highest BCUT2D eigenvalue weighted by Crippen LogP contribution is 2.42. The molecule has 0 saturated carbocycles. The van der Waals surface area contributed by atoms with Crippen LogP contribution in [0.5, 0.6) is 0 Å². The highest BCUT2D eigenvalue weighted by atomic mass is 16.3. The van der Waals surface area contributed by atoms with Gasteiger partial charge in [0.1, 0.15) is 22.3 Å². The molecule has 0 radical (unpaired) electrons. The summed E-state index contributed by atoms with van der Waals surface area (Å²) in [7, 11) is 0. The Labute approximate surface area is 279 Å². The topological polar surface area (TPSA) is 57.0 Å². The van der Waals surface area contributed by atoms with Gasteiger partial charge in [0.2, 0.25) is 5.71 Å². The molecule has 49 heavy (non-hydrogen) atoms. The van der Waals surface area contributed by atoms with Crippen LogP contribution in [0.3, 0.4) is 0 Å². The summed E-state index contributed by atoms with van der Waals surface area (Å²) in [5.74, 6) is 0. The van der Waals surface area contributed by atoms with Crippen molar-refractivity contribution < 1.29 is 8.83 Å². The maximum absolute atomic E-state index is 6.68. The van der Waals surface area contributed by atoms with Crippen molar-refractivity contribution in [1.29, 1.82) is 0 Å². The molecule has 0 N–H and O–H groups in total. The van der Waals surface area contributed by atoms with E-state index in [-0.39, 0.29) is 0 Å². The molecule has 4 heterocycles. The quantitative estimate of drug-likeness (QED) is 0.196. The maximum Gasteiger partial charge on any atom is 0.246 e. The van der Waals surface area contributed by atoms with Crippen molar-refractivity contribution in [2.24, 2.45) is 0 Å². The Balaban J connectivity index is 1.10. The van der Waals surface area contributed by atoms with E-state index in [1.165, 1.54) is 21.8 Å². The molecule has 0 atom stereocenters. The van der Waals surface area contributed by atoms with E-state index in [2.05, 4.69) is 120 Å². The number of aromatic nitrogens is 3. The lowest BCUT2D eigenvalue weighted by Crippen LogP contribution is -1.92. The van der Waals surface area contributed by atoms with Crippen LogP contribution in [0.15, 0.2) is 161 Å². The van der Waals surface area contributed by atoms with Crippen LogP contribution in [-0.4, -0.2) is 14.5 Å². The smallest absolute Gasteiger partial charge is 0.246 e. The van der Waals surface area contributed by atoms with Crippen LogP contribution in [0.1, 0.15) is 0 Å². The molecule has 0 aliphatic rings. The first kappa shape index (κ1) is 26.4. The standard InChI is InChI=1S/C44H25N3O2/c1-2-11-28(12-3-1)47-36-18-7-6-14-31(36)34-24-27(20-22-37(34)47)30-15-8-17-33-40-32(16-9-19-38(40)48-43(30)33)35-25-45-42-41-29-13-5-4-10-26(29)21-23-39(41)49-44(42)46-35/h1-25H. The molecule has 11 aromatic rings. The molecule has 11 rings (SSSR count). The predicted octanol–water partition coefficient (Wildman–Crippen LogP) is 11.9. The second-order valence-electron chi connectivity index (χ2n) is 12.6. The third-order valence-electron chi connectivity index (χ3n) is 9.87. The Morgan fingerprint density at radius 1 is 0.510 bits per heavy atom. The third-order valence-corrected chi connectivity index (χ3v) is 9.87. The summed E-state index contributed by atoms with van der Waals surface area (Å²) in [4.78, 5) is 9.94. The van der Waals surface area contributed by atoms with Crippen LogP contribution < -0.4 is 0 Å². The monoisotopic (exact) mass is 627 g/mol. The third kappa shape index (κ3) is 3.75. The van der Waals surface area contributed by atoms with Crippen molar-refractivity contribution in [2.45, 2.75) is 0 Å². The zero-order valence-electron chi connectivity index (χ0n) is 26.1. The number of para-hydroxylation sites is 3. The van der Waals surface area contributed by atoms with E-state index < -0.39 is 0 Å². The molecular weight excluding hydrogens is 603 g/mol. The van der Waals surface area contributed by atoms with Crippen LogP contribution in [0.2, 0.25) is 0 Å². The van der Waals surface area contributed by atoms with E-state index in [1.54, 1.807) is 0 Å². The second-order valence-corrected chi connectivity index (χ2v) is 12.6. The number of rotatable bonds is 3. The fourth-order valence-corrected chi connectivity index (χ4v) is 7.71. The molecular formula is C44H25N3O2. The lowest BCUT2D eigenvalue weighted by molar-refractivity contribution is 0.653. The molecule has 0 bridgehead atoms. The van der Waals surface area contributed by atoms with Gasteiger partial charge in [-0.05, 0) is 58.8 Å². The Morgan fingerprint density at radius 3 is 2.20 bits per heavy atom. The van der Waals surface area contributed by atoms with E-state index in [0.717, 1.165) is 77.3 Å². The summed E-state index contributed by atoms with van der Waals surface area (Å²) < 4.78 is 15.3. The van der Waals surface area contributed by atoms with Gasteiger partial charge in [0.05, 0.1) is 28.3 Å². The Morgan fingerprint density at radius 2 is 1.27 bits per heavy atom. The Kier molecular flexibility index (Phi) is 5.32. The van der Waals surface area contributed by atoms with Gasteiger partial charge in [-0.3, -0.25) is 0 Å². The second kappa shape index (κ2) is 9.89. The van der Waals surface area contributed by atoms with Crippen molar-refractivity contribution in [3.8, 4) is 28.1 Å². The number of furan rings is 2. The first-order valence-corrected chi connectivity index (χ1v) is 16.4. The van der Waals surface area contributed by atoms with Crippen LogP contribution in [-0.2, 0) is 0 Å². The maximum atomic E-state index is 6.68. The van der Waals surface area contributed by atoms with Crippen LogP contribution in [0.25, 0.3) is 105 Å². The summed E-state index contributed by atoms with van der Waals surface area (Å²) in [5.41, 5.74) is 11.1. The van der Waals surface area contributed by atoms with Gasteiger partial charge in [-0.2, -0.15) is 0 Å². The number of nitrogens with zero attached hydrogens (tertiary/aromatic N) is 3. The Hall–Kier alpha value is -6.72. The highest BCUT2D eigenvalue weighted by Gasteiger charge is 2.20. The van der Waals surface area contributed by atoms with Crippen molar-refractivity contribution >= 4 is 76.7 Å². The summed E-state index contributed by atoms with van der Waals surface area (Å²) >= 11 is 0. The lowest BCUT2D eigenvalue weighted by atomic mass is 9.98. The van der Waals surface area contributed by atoms with Crippen LogP contribution in [0.4, 0.5) is 0 Å². The largest absolute Gasteiger partial charge is 0.455 e. The van der Waals surface area contributed by atoms with Gasteiger partial charge in [0.25, 0.3) is 0 Å². The van der Waals surface area contributed by atoms with Gasteiger partial charge in [0.15, 0.2) is 0 Å². The normalized spacial score (nSPS) is 12.1. The molecule has 7 aromatic carbocycles. The van der Waals surface area contributed by atoms with Gasteiger partial charge in [-0.1, -0.05) is 103 Å². The van der Waals surface area contributed by atoms with Crippen molar-refractivity contribution in [1.82, 2.24) is 14.5 Å². The van der Waals surface area contributed by atoms with Crippen molar-refractivity contribution in [3.05, 3.63) is 152 Å². The van der Waals surface area contributed by atoms with E-state index in [4.69, 9.17) is 18.8 Å². The van der Waals surface area contributed by atoms with Crippen molar-refractivity contribution in [3.63, 3.8) is 0 Å². The summed E-state index contributed by atoms with van der Waals surface area (Å²) in [6, 6.07) is 50.8. The first-order valence-electron chi connectivity index (χ1n) is 16.4. The number of hydrogen-bond acceptors (Lipinski definition) is 4. The first-order chi connectivity index (χ1) is 24.3. The fraction of sp³-hybridized carbons (Fsp3) is 0. The molecule has 0 aliphatic carbocycles. The minimum atomic E-state index is 0.525. The number of fused-ring (bicyclic) bond motifs is 11. The zero-order valence-corrected chi connectivity index (χ0v) is 26.1. The average Bonchev–Trinajstić information content (AvgIpc) is 3.84. The lowest BCUT2D eigenvalue weighted by Gasteiger charge is -2.08. The molecule has 0 unspecified atom stereocenters. The van der Waals surface area contributed by atoms with E-state index in [1.807, 2.05) is 36.5 Å². The van der Waals surface area contributed by atoms with E-state index >= 15 is 0 Å². The fourth-order valence-electron chi connectivity index (χ4n) is 7.71. The SMILES string of the molecule is c1ccc(-n2c3ccccc3c3cc(-c4cccc5c4oc4cccc(-c6cnc7c(n6)oc6ccc8ccccc8c67)c45)ccc32)cc1. The Bertz CT molecular complexity index is 3110. The van der Waals surface area contributed by atoms with Gasteiger partial charge < -0.3 is 13.4 Å². The minimum Gasteiger partial charge on any atom is -0.455 e. The van der Waals surface area contributed by atoms with Gasteiger partial charge in [-0.15, -0.1) is 0 Å². The molecule has 228 valence electrons. The zero-order chi connectivity index (χ0) is 32.1. The molecule has 5 nitrogen and oxygen atoms in total. The number of hydrogen-bond donors (Lipinski definition) is 0. The predicted molar refractivity (Wildman–Crippen MR) is 199 cm³/mol. The van der Waals surface area contributed by atoms with Crippen molar-refractivity contribution in [2.75, 3.05) is 0 Å². The molecule has 0 spiro atoms. The summed E-state index contributed by atoms with van der Waals surface area (Å²) in [6.07, 6.45) is 1.85. The molecule has 0 saturated heterocycles. The minimum absolute atomic E-state index is 0.525. The van der Waals surface area contributed by atoms with Crippen LogP contribution in [0, 0.1) is 0 Å². The molecule has 0 fully saturated rings. The van der Waals surface area contributed by atoms with Gasteiger partial charge >= 0.3 is 0 Å². The summed E-state index contributed by atoms with van der Waals surface area (Å²) in [6.45, 7) is 0. The van der Waals surface area contributed by atoms with E-state index in [0.29, 0.717) is 5.71 Å². The molecule has 4 aromatic heterocycles. The average molecular weight is 628 g/mol. The molecule has 5 heteroatoms. The van der Waals surface area contributed by atoms with Gasteiger partial charge in [-0.25, -0.2) is 9.97 Å². The molecule has 0 aliphatic heterocycles. The highest BCUT2D eigenvalue weighted by molar-refractivity contribution is 6.18. The van der Waals surface area contributed by atoms with E-state index in [9.17, 15) is 0 Å². The molecule has 0 amide bonds. The van der Waals surface area contributed by atoms with Gasteiger partial charge in [0, 0.05) is 38.4 Å². The van der Waals surface area contributed by atoms with Crippen LogP contribution >= 0.6 is 0 Å². The number of benzene rings is 7. The summed E-state index contributed by atoms with van der Waals surface area (Å²) in [5, 5.41) is 7.72.